The summed E-state index contributed by atoms with van der Waals surface area (Å²) in [6, 6.07) is 7.83. The Morgan fingerprint density at radius 3 is 2.64 bits per heavy atom. The third-order valence-electron chi connectivity index (χ3n) is 9.11. The Morgan fingerprint density at radius 2 is 1.91 bits per heavy atom. The lowest BCUT2D eigenvalue weighted by Gasteiger charge is -2.59. The van der Waals surface area contributed by atoms with Crippen molar-refractivity contribution in [3.63, 3.8) is 0 Å². The van der Waals surface area contributed by atoms with Crippen molar-refractivity contribution in [3.05, 3.63) is 65.1 Å². The molecule has 0 heterocycles. The molecule has 0 unspecified atom stereocenters. The largest absolute Gasteiger partial charge is 0.505 e. The van der Waals surface area contributed by atoms with Gasteiger partial charge in [-0.25, -0.2) is 0 Å². The van der Waals surface area contributed by atoms with Gasteiger partial charge in [0.15, 0.2) is 0 Å². The van der Waals surface area contributed by atoms with Gasteiger partial charge in [0, 0.05) is 17.3 Å². The molecule has 0 saturated heterocycles. The van der Waals surface area contributed by atoms with Crippen LogP contribution in [0.2, 0.25) is 0 Å². The number of rotatable bonds is 5. The molecule has 0 aliphatic heterocycles. The number of aliphatic hydroxyl groups excluding tert-OH is 1. The first-order chi connectivity index (χ1) is 15.6. The minimum absolute atomic E-state index is 0.0500. The van der Waals surface area contributed by atoms with Crippen LogP contribution in [0.25, 0.3) is 0 Å². The number of allylic oxidation sites excluding steroid dienone is 3. The fourth-order valence-electron chi connectivity index (χ4n) is 6.69. The zero-order valence-corrected chi connectivity index (χ0v) is 20.5. The van der Waals surface area contributed by atoms with Crippen LogP contribution in [0.5, 0.6) is 0 Å². The van der Waals surface area contributed by atoms with Gasteiger partial charge in [-0.1, -0.05) is 58.0 Å². The Kier molecular flexibility index (Phi) is 6.15. The van der Waals surface area contributed by atoms with Gasteiger partial charge in [-0.15, -0.1) is 0 Å². The molecular weight excluding hydrogens is 410 g/mol. The smallest absolute Gasteiger partial charge is 0.232 e. The fourth-order valence-corrected chi connectivity index (χ4v) is 6.69. The Bertz CT molecular complexity index is 1060. The van der Waals surface area contributed by atoms with Crippen molar-refractivity contribution in [2.75, 3.05) is 5.32 Å². The van der Waals surface area contributed by atoms with Crippen molar-refractivity contribution in [2.24, 2.45) is 22.7 Å². The van der Waals surface area contributed by atoms with Crippen LogP contribution < -0.4 is 5.32 Å². The summed E-state index contributed by atoms with van der Waals surface area (Å²) in [5, 5.41) is 14.5. The van der Waals surface area contributed by atoms with E-state index in [9.17, 15) is 14.7 Å². The quantitative estimate of drug-likeness (QED) is 0.299. The van der Waals surface area contributed by atoms with E-state index in [0.29, 0.717) is 24.0 Å². The predicted molar refractivity (Wildman–Crippen MR) is 133 cm³/mol. The van der Waals surface area contributed by atoms with Crippen molar-refractivity contribution in [1.82, 2.24) is 0 Å². The van der Waals surface area contributed by atoms with Gasteiger partial charge in [-0.3, -0.25) is 9.59 Å². The number of para-hydroxylation sites is 1. The van der Waals surface area contributed by atoms with Crippen LogP contribution in [0.1, 0.15) is 71.8 Å². The number of hydrogen-bond donors (Lipinski definition) is 2. The summed E-state index contributed by atoms with van der Waals surface area (Å²) in [6.45, 7) is 13.3. The number of fused-ring (bicyclic) bond motifs is 1. The van der Waals surface area contributed by atoms with E-state index in [2.05, 4.69) is 39.6 Å². The van der Waals surface area contributed by atoms with E-state index >= 15 is 0 Å². The van der Waals surface area contributed by atoms with Gasteiger partial charge in [-0.2, -0.15) is 0 Å². The molecule has 2 saturated carbocycles. The average molecular weight is 448 g/mol. The van der Waals surface area contributed by atoms with Gasteiger partial charge >= 0.3 is 0 Å². The first-order valence-corrected chi connectivity index (χ1v) is 12.4. The van der Waals surface area contributed by atoms with Gasteiger partial charge in [0.1, 0.15) is 5.76 Å². The highest BCUT2D eigenvalue weighted by Crippen LogP contribution is 2.63. The molecule has 4 nitrogen and oxygen atoms in total. The maximum Gasteiger partial charge on any atom is 0.232 e. The number of carbonyl (C=O) groups is 2. The van der Waals surface area contributed by atoms with E-state index in [1.54, 1.807) is 0 Å². The van der Waals surface area contributed by atoms with Crippen molar-refractivity contribution in [1.29, 1.82) is 0 Å². The van der Waals surface area contributed by atoms with Crippen LogP contribution in [-0.4, -0.2) is 16.7 Å². The molecule has 3 aliphatic carbocycles. The standard InChI is InChI=1S/C29H37NO3/c1-6-20-11-7-8-12-22(20)30-23-16-24(31)27(33)21(26(23)32)17-29(5)19(3)14-15-28(4)18(2)10-9-13-25(28)29/h7-8,11-12,16,19,25,30,32H,2,6,9-10,13-15,17H2,1,3-5H3/t19-,25+,28+,29+/m0/s1. The molecule has 4 atom stereocenters. The molecule has 176 valence electrons. The molecule has 0 bridgehead atoms. The molecule has 0 spiro atoms. The number of aryl methyl sites for hydroxylation is 1. The topological polar surface area (TPSA) is 66.4 Å². The molecule has 33 heavy (non-hydrogen) atoms. The number of nitrogens with one attached hydrogen (secondary N) is 1. The van der Waals surface area contributed by atoms with Gasteiger partial charge < -0.3 is 10.4 Å². The predicted octanol–water partition coefficient (Wildman–Crippen LogP) is 6.70. The fraction of sp³-hybridized carbons (Fsp3) is 0.517. The molecule has 4 heteroatoms. The number of anilines is 1. The van der Waals surface area contributed by atoms with Crippen molar-refractivity contribution >= 4 is 17.3 Å². The highest BCUT2D eigenvalue weighted by molar-refractivity contribution is 6.48. The lowest BCUT2D eigenvalue weighted by Crippen LogP contribution is -2.51. The summed E-state index contributed by atoms with van der Waals surface area (Å²) in [6.07, 6.45) is 7.92. The van der Waals surface area contributed by atoms with E-state index < -0.39 is 11.6 Å². The third-order valence-corrected chi connectivity index (χ3v) is 9.11. The van der Waals surface area contributed by atoms with Crippen LogP contribution >= 0.6 is 0 Å². The molecule has 1 aromatic carbocycles. The number of Topliss-reactive ketones (excluding diaryl/α,β-unsaturated/α-hetero) is 1. The van der Waals surface area contributed by atoms with Gasteiger partial charge in [0.05, 0.1) is 5.70 Å². The second-order valence-electron chi connectivity index (χ2n) is 10.8. The van der Waals surface area contributed by atoms with Crippen LogP contribution in [0.4, 0.5) is 5.69 Å². The first-order valence-electron chi connectivity index (χ1n) is 12.4. The molecule has 0 aromatic heterocycles. The maximum absolute atomic E-state index is 13.0. The summed E-state index contributed by atoms with van der Waals surface area (Å²) < 4.78 is 0. The Balaban J connectivity index is 1.71. The zero-order chi connectivity index (χ0) is 24.0. The normalized spacial score (nSPS) is 32.5. The number of aliphatic hydroxyl groups is 1. The van der Waals surface area contributed by atoms with Crippen molar-refractivity contribution in [2.45, 2.75) is 72.6 Å². The number of carbonyl (C=O) groups excluding carboxylic acids is 2. The Morgan fingerprint density at radius 1 is 1.18 bits per heavy atom. The second-order valence-corrected chi connectivity index (χ2v) is 10.8. The first kappa shape index (κ1) is 23.5. The maximum atomic E-state index is 13.0. The molecule has 2 N–H and O–H groups in total. The van der Waals surface area contributed by atoms with Gasteiger partial charge in [0.25, 0.3) is 0 Å². The Labute approximate surface area is 197 Å². The number of benzene rings is 1. The van der Waals surface area contributed by atoms with E-state index in [1.165, 1.54) is 11.6 Å². The summed E-state index contributed by atoms with van der Waals surface area (Å²) >= 11 is 0. The van der Waals surface area contributed by atoms with E-state index in [1.807, 2.05) is 24.3 Å². The number of hydrogen-bond acceptors (Lipinski definition) is 4. The summed E-state index contributed by atoms with van der Waals surface area (Å²) in [4.78, 5) is 25.7. The molecule has 3 aliphatic rings. The van der Waals surface area contributed by atoms with Crippen LogP contribution in [0, 0.1) is 22.7 Å². The van der Waals surface area contributed by atoms with Crippen LogP contribution in [0.15, 0.2) is 59.5 Å². The minimum Gasteiger partial charge on any atom is -0.505 e. The van der Waals surface area contributed by atoms with Gasteiger partial charge in [-0.05, 0) is 79.2 Å². The zero-order valence-electron chi connectivity index (χ0n) is 20.5. The van der Waals surface area contributed by atoms with Crippen molar-refractivity contribution < 1.29 is 14.7 Å². The lowest BCUT2D eigenvalue weighted by molar-refractivity contribution is -0.132. The molecule has 0 radical (unpaired) electrons. The second kappa shape index (κ2) is 8.62. The lowest BCUT2D eigenvalue weighted by atomic mass is 9.46. The molecular formula is C29H37NO3. The number of ketones is 2. The summed E-state index contributed by atoms with van der Waals surface area (Å²) in [5.74, 6) is -0.464. The van der Waals surface area contributed by atoms with Crippen molar-refractivity contribution in [3.8, 4) is 0 Å². The average Bonchev–Trinajstić information content (AvgIpc) is 2.80. The van der Waals surface area contributed by atoms with E-state index in [-0.39, 0.29) is 22.2 Å². The Hall–Kier alpha value is -2.62. The SMILES string of the molecule is C=C1CCC[C@H]2[C@](C)(CC3=C(O)C(Nc4ccccc4CC)=CC(=O)C3=O)[C@@H](C)CC[C@]12C. The third kappa shape index (κ3) is 3.88. The van der Waals surface area contributed by atoms with Crippen LogP contribution in [-0.2, 0) is 16.0 Å². The highest BCUT2D eigenvalue weighted by atomic mass is 16.3. The summed E-state index contributed by atoms with van der Waals surface area (Å²) in [5.41, 5.74) is 3.68. The summed E-state index contributed by atoms with van der Waals surface area (Å²) in [7, 11) is 0. The van der Waals surface area contributed by atoms with E-state index in [0.717, 1.165) is 49.8 Å². The minimum atomic E-state index is -0.572. The van der Waals surface area contributed by atoms with Crippen LogP contribution in [0.3, 0.4) is 0 Å². The monoisotopic (exact) mass is 447 g/mol. The molecule has 1 aromatic rings. The molecule has 4 rings (SSSR count). The molecule has 2 fully saturated rings. The van der Waals surface area contributed by atoms with Gasteiger partial charge in [0.2, 0.25) is 11.6 Å². The molecule has 0 amide bonds. The van der Waals surface area contributed by atoms with E-state index in [4.69, 9.17) is 0 Å². The highest BCUT2D eigenvalue weighted by Gasteiger charge is 2.55.